The second kappa shape index (κ2) is 22.8. The number of thiophene rings is 1. The quantitative estimate of drug-likeness (QED) is 0.134. The zero-order chi connectivity index (χ0) is 67.2. The molecule has 0 unspecified atom stereocenters. The van der Waals surface area contributed by atoms with Gasteiger partial charge in [0.05, 0.1) is 17.1 Å². The van der Waals surface area contributed by atoms with Crippen LogP contribution in [0, 0.1) is 5.82 Å². The van der Waals surface area contributed by atoms with Crippen LogP contribution in [0.4, 0.5) is 55.6 Å². The van der Waals surface area contributed by atoms with Crippen LogP contribution in [0.3, 0.4) is 0 Å². The summed E-state index contributed by atoms with van der Waals surface area (Å²) in [5.41, 5.74) is 22.0. The van der Waals surface area contributed by atoms with E-state index in [9.17, 15) is 0 Å². The average Bonchev–Trinajstić information content (AvgIpc) is 1.15. The molecule has 8 heteroatoms. The van der Waals surface area contributed by atoms with E-state index in [0.29, 0.717) is 0 Å². The summed E-state index contributed by atoms with van der Waals surface area (Å²) in [5.74, 6) is -0.241. The molecule has 0 saturated carbocycles. The Kier molecular flexibility index (Phi) is 15.0. The molecule has 2 aromatic heterocycles. The van der Waals surface area contributed by atoms with Crippen molar-refractivity contribution in [2.75, 3.05) is 14.7 Å². The lowest BCUT2D eigenvalue weighted by molar-refractivity contribution is 0.590. The lowest BCUT2D eigenvalue weighted by Gasteiger charge is -2.60. The SMILES string of the molecule is CC(C)(C)c1ccc(N(c2ccc3c(c2)N(c2cccc4c2oc2ccccc24)c2cc(S(c4ccc(F)cc4)(C(C)(C)C)C(C)(C)C)cc4c2B3c2sc3ccc(C(C)(C)C)cc3c2N4c2ccc(C(C)(C)C)cc2)c2ccccc2-c2ccccc2-c2ccccc2)cc1. The molecule has 0 spiro atoms. The summed E-state index contributed by atoms with van der Waals surface area (Å²) in [7, 11) is -2.18. The maximum absolute atomic E-state index is 15.7. The summed E-state index contributed by atoms with van der Waals surface area (Å²) >= 11 is 1.93. The molecule has 0 fully saturated rings. The first kappa shape index (κ1) is 63.0. The van der Waals surface area contributed by atoms with Gasteiger partial charge in [-0.2, -0.15) is 10.0 Å². The average molecular weight is 1290 g/mol. The molecular weight excluding hydrogens is 1210 g/mol. The van der Waals surface area contributed by atoms with Gasteiger partial charge in [-0.05, 0) is 183 Å². The molecule has 480 valence electrons. The van der Waals surface area contributed by atoms with Crippen LogP contribution in [-0.4, -0.2) is 16.2 Å². The summed E-state index contributed by atoms with van der Waals surface area (Å²) < 4.78 is 24.8. The van der Waals surface area contributed by atoms with Gasteiger partial charge in [-0.3, -0.25) is 0 Å². The van der Waals surface area contributed by atoms with Crippen LogP contribution in [0.25, 0.3) is 54.3 Å². The van der Waals surface area contributed by atoms with Crippen molar-refractivity contribution in [3.63, 3.8) is 0 Å². The van der Waals surface area contributed by atoms with Crippen molar-refractivity contribution in [1.29, 1.82) is 0 Å². The lowest BCUT2D eigenvalue weighted by atomic mass is 9.36. The summed E-state index contributed by atoms with van der Waals surface area (Å²) in [6.45, 7) is 35.0. The molecule has 13 aromatic rings. The molecule has 0 aliphatic carbocycles. The number of hydrogen-bond acceptors (Lipinski definition) is 5. The van der Waals surface area contributed by atoms with Gasteiger partial charge in [0, 0.05) is 65.3 Å². The topological polar surface area (TPSA) is 22.9 Å². The van der Waals surface area contributed by atoms with Gasteiger partial charge in [-0.25, -0.2) is 4.39 Å². The third-order valence-corrected chi connectivity index (χ3v) is 27.0. The third-order valence-electron chi connectivity index (χ3n) is 20.2. The van der Waals surface area contributed by atoms with E-state index in [1.807, 2.05) is 11.3 Å². The lowest BCUT2D eigenvalue weighted by Crippen LogP contribution is -2.60. The van der Waals surface area contributed by atoms with Crippen molar-refractivity contribution >= 4 is 127 Å². The van der Waals surface area contributed by atoms with Crippen LogP contribution in [-0.2, 0) is 16.2 Å². The molecule has 0 N–H and O–H groups in total. The molecule has 2 aliphatic heterocycles. The van der Waals surface area contributed by atoms with Crippen molar-refractivity contribution in [3.8, 4) is 22.3 Å². The fourth-order valence-electron chi connectivity index (χ4n) is 15.9. The van der Waals surface area contributed by atoms with Crippen molar-refractivity contribution in [2.24, 2.45) is 0 Å². The van der Waals surface area contributed by atoms with Crippen molar-refractivity contribution < 1.29 is 8.81 Å². The first-order chi connectivity index (χ1) is 45.7. The fraction of sp³-hybridized carbons (Fsp3) is 0.227. The molecule has 0 atom stereocenters. The summed E-state index contributed by atoms with van der Waals surface area (Å²) in [4.78, 5) is 10.1. The molecular formula is C88H85BFN3OS2. The highest BCUT2D eigenvalue weighted by Crippen LogP contribution is 2.78. The number of fused-ring (bicyclic) bond motifs is 9. The third kappa shape index (κ3) is 10.2. The van der Waals surface area contributed by atoms with Crippen LogP contribution in [0.5, 0.6) is 0 Å². The van der Waals surface area contributed by atoms with E-state index < -0.39 is 10.0 Å². The zero-order valence-corrected chi connectivity index (χ0v) is 59.7. The van der Waals surface area contributed by atoms with Gasteiger partial charge >= 0.3 is 0 Å². The molecule has 4 nitrogen and oxygen atoms in total. The molecule has 4 heterocycles. The monoisotopic (exact) mass is 1290 g/mol. The largest absolute Gasteiger partial charge is 0.454 e. The fourth-order valence-corrected chi connectivity index (χ4v) is 23.3. The van der Waals surface area contributed by atoms with Crippen LogP contribution < -0.4 is 30.4 Å². The number of anilines is 9. The number of benzene rings is 11. The Labute approximate surface area is 573 Å². The molecule has 0 bridgehead atoms. The van der Waals surface area contributed by atoms with Crippen LogP contribution in [0.1, 0.15) is 121 Å². The van der Waals surface area contributed by atoms with E-state index in [1.54, 1.807) is 12.1 Å². The minimum absolute atomic E-state index is 0.0633. The molecule has 15 rings (SSSR count). The maximum atomic E-state index is 15.7. The van der Waals surface area contributed by atoms with Crippen molar-refractivity contribution in [3.05, 3.63) is 265 Å². The number of halogens is 1. The standard InChI is InChI=1S/C88H85BFN3OS2/c1-84(2,3)57-36-43-61(44-37-57)91(73-33-23-21-30-68(73)67-29-20-19-28-66(67)56-26-17-16-18-27-56)63-47-50-72-75(53-63)93(74-34-25-32-70-69-31-22-24-35-78(69)94-82(70)74)77-55-65(96(87(10,11)12,88(13,14)15)64-48-41-60(90)42-49-64)54-76-80(77)89(72)83-81(71-52-59(86(7,8)9)40-51-79(71)95-83)92(76)62-45-38-58(39-46-62)85(4,5)6/h16-55H,1-15H3. The summed E-state index contributed by atoms with van der Waals surface area (Å²) in [5, 5.41) is 3.37. The minimum Gasteiger partial charge on any atom is -0.454 e. The molecule has 0 saturated heterocycles. The molecule has 0 radical (unpaired) electrons. The Morgan fingerprint density at radius 2 is 0.990 bits per heavy atom. The Hall–Kier alpha value is -9.08. The molecule has 2 aliphatic rings. The number of hydrogen-bond donors (Lipinski definition) is 0. The Balaban J connectivity index is 1.11. The van der Waals surface area contributed by atoms with E-state index >= 15 is 4.39 Å². The molecule has 0 amide bonds. The Bertz CT molecular complexity index is 5150. The zero-order valence-electron chi connectivity index (χ0n) is 58.1. The van der Waals surface area contributed by atoms with Crippen LogP contribution >= 0.6 is 21.4 Å². The highest BCUT2D eigenvalue weighted by molar-refractivity contribution is 8.35. The number of nitrogens with zero attached hydrogens (tertiary/aromatic N) is 3. The van der Waals surface area contributed by atoms with Gasteiger partial charge in [0.1, 0.15) is 11.4 Å². The number of rotatable bonds is 9. The van der Waals surface area contributed by atoms with Gasteiger partial charge < -0.3 is 19.1 Å². The second-order valence-electron chi connectivity index (χ2n) is 31.4. The first-order valence-corrected chi connectivity index (χ1v) is 36.4. The van der Waals surface area contributed by atoms with Crippen molar-refractivity contribution in [1.82, 2.24) is 0 Å². The number of furan rings is 1. The smallest absolute Gasteiger partial charge is 0.264 e. The second-order valence-corrected chi connectivity index (χ2v) is 37.1. The van der Waals surface area contributed by atoms with E-state index in [1.165, 1.54) is 58.6 Å². The van der Waals surface area contributed by atoms with Gasteiger partial charge in [0.2, 0.25) is 0 Å². The number of para-hydroxylation sites is 3. The maximum Gasteiger partial charge on any atom is 0.264 e. The first-order valence-electron chi connectivity index (χ1n) is 33.9. The van der Waals surface area contributed by atoms with E-state index in [2.05, 4.69) is 349 Å². The molecule has 11 aromatic carbocycles. The van der Waals surface area contributed by atoms with Gasteiger partial charge in [0.15, 0.2) is 5.58 Å². The van der Waals surface area contributed by atoms with E-state index in [4.69, 9.17) is 4.42 Å². The Morgan fingerprint density at radius 1 is 0.427 bits per heavy atom. The van der Waals surface area contributed by atoms with E-state index in [0.717, 1.165) is 89.0 Å². The van der Waals surface area contributed by atoms with Gasteiger partial charge in [-0.1, -0.05) is 243 Å². The predicted molar refractivity (Wildman–Crippen MR) is 415 cm³/mol. The predicted octanol–water partition coefficient (Wildman–Crippen LogP) is 24.5. The van der Waals surface area contributed by atoms with E-state index in [-0.39, 0.29) is 38.3 Å². The molecule has 96 heavy (non-hydrogen) atoms. The summed E-state index contributed by atoms with van der Waals surface area (Å²) in [6, 6.07) is 89.7. The van der Waals surface area contributed by atoms with Gasteiger partial charge in [-0.15, -0.1) is 11.3 Å². The van der Waals surface area contributed by atoms with Crippen LogP contribution in [0.2, 0.25) is 0 Å². The highest BCUT2D eigenvalue weighted by atomic mass is 32.3. The summed E-state index contributed by atoms with van der Waals surface area (Å²) in [6.07, 6.45) is 0. The normalized spacial score (nSPS) is 13.7. The highest BCUT2D eigenvalue weighted by Gasteiger charge is 2.52. The van der Waals surface area contributed by atoms with Crippen molar-refractivity contribution in [2.45, 2.75) is 139 Å². The Morgan fingerprint density at radius 3 is 1.65 bits per heavy atom. The van der Waals surface area contributed by atoms with Gasteiger partial charge in [0.25, 0.3) is 6.71 Å². The minimum atomic E-state index is -2.18. The van der Waals surface area contributed by atoms with Crippen LogP contribution in [0.15, 0.2) is 257 Å².